The summed E-state index contributed by atoms with van der Waals surface area (Å²) in [7, 11) is 1.79. The van der Waals surface area contributed by atoms with Gasteiger partial charge in [-0.2, -0.15) is 0 Å². The molecule has 1 aliphatic rings. The molecule has 18 heavy (non-hydrogen) atoms. The molecular weight excluding hydrogens is 295 g/mol. The van der Waals surface area contributed by atoms with E-state index >= 15 is 0 Å². The van der Waals surface area contributed by atoms with E-state index in [0.29, 0.717) is 15.6 Å². The second-order valence-electron chi connectivity index (χ2n) is 4.32. The molecule has 6 heteroatoms. The highest BCUT2D eigenvalue weighted by Gasteiger charge is 2.24. The van der Waals surface area contributed by atoms with Gasteiger partial charge in [0.2, 0.25) is 0 Å². The summed E-state index contributed by atoms with van der Waals surface area (Å²) < 4.78 is 0. The van der Waals surface area contributed by atoms with Crippen LogP contribution in [0.2, 0.25) is 15.1 Å². The lowest BCUT2D eigenvalue weighted by Gasteiger charge is -2.24. The van der Waals surface area contributed by atoms with Crippen LogP contribution in [0, 0.1) is 0 Å². The summed E-state index contributed by atoms with van der Waals surface area (Å²) in [5, 5.41) is 4.10. The third-order valence-electron chi connectivity index (χ3n) is 3.13. The highest BCUT2D eigenvalue weighted by atomic mass is 35.5. The van der Waals surface area contributed by atoms with E-state index in [-0.39, 0.29) is 17.0 Å². The van der Waals surface area contributed by atoms with Gasteiger partial charge in [0, 0.05) is 25.2 Å². The van der Waals surface area contributed by atoms with Crippen LogP contribution in [0.25, 0.3) is 0 Å². The molecule has 1 aromatic rings. The number of halogens is 3. The summed E-state index contributed by atoms with van der Waals surface area (Å²) in [6.45, 7) is 1.75. The van der Waals surface area contributed by atoms with E-state index in [9.17, 15) is 4.79 Å². The predicted molar refractivity (Wildman–Crippen MR) is 74.8 cm³/mol. The molecule has 0 unspecified atom stereocenters. The van der Waals surface area contributed by atoms with Crippen LogP contribution < -0.4 is 5.32 Å². The van der Waals surface area contributed by atoms with E-state index in [2.05, 4.69) is 5.32 Å². The van der Waals surface area contributed by atoms with Crippen molar-refractivity contribution in [2.24, 2.45) is 0 Å². The first-order chi connectivity index (χ1) is 8.50. The zero-order chi connectivity index (χ0) is 13.3. The fourth-order valence-electron chi connectivity index (χ4n) is 2.02. The van der Waals surface area contributed by atoms with Gasteiger partial charge in [-0.1, -0.05) is 34.8 Å². The van der Waals surface area contributed by atoms with Crippen LogP contribution >= 0.6 is 34.8 Å². The number of benzene rings is 1. The lowest BCUT2D eigenvalue weighted by atomic mass is 10.1. The molecular formula is C12H13Cl3N2O. The minimum Gasteiger partial charge on any atom is -0.337 e. The monoisotopic (exact) mass is 306 g/mol. The van der Waals surface area contributed by atoms with E-state index in [1.807, 2.05) is 0 Å². The Morgan fingerprint density at radius 2 is 1.94 bits per heavy atom. The molecule has 1 saturated heterocycles. The normalized spacial score (nSPS) is 19.0. The molecule has 0 radical (unpaired) electrons. The molecule has 1 N–H and O–H groups in total. The van der Waals surface area contributed by atoms with Crippen molar-refractivity contribution in [2.75, 3.05) is 20.1 Å². The second-order valence-corrected chi connectivity index (χ2v) is 5.51. The molecule has 1 heterocycles. The number of hydrogen-bond acceptors (Lipinski definition) is 2. The maximum absolute atomic E-state index is 12.3. The lowest BCUT2D eigenvalue weighted by Crippen LogP contribution is -2.38. The average Bonchev–Trinajstić information content (AvgIpc) is 2.87. The maximum atomic E-state index is 12.3. The summed E-state index contributed by atoms with van der Waals surface area (Å²) in [6, 6.07) is 3.32. The number of rotatable bonds is 2. The van der Waals surface area contributed by atoms with Gasteiger partial charge in [-0.05, 0) is 25.1 Å². The SMILES string of the molecule is CN(C(=O)c1cc(Cl)c(Cl)c(Cl)c1)[C@H]1CCNC1. The van der Waals surface area contributed by atoms with Crippen LogP contribution in [-0.4, -0.2) is 37.0 Å². The fraction of sp³-hybridized carbons (Fsp3) is 0.417. The summed E-state index contributed by atoms with van der Waals surface area (Å²) in [5.41, 5.74) is 0.462. The minimum atomic E-state index is -0.0934. The Bertz CT molecular complexity index is 449. The molecule has 0 bridgehead atoms. The second kappa shape index (κ2) is 5.66. The van der Waals surface area contributed by atoms with Crippen molar-refractivity contribution >= 4 is 40.7 Å². The fourth-order valence-corrected chi connectivity index (χ4v) is 2.61. The highest BCUT2D eigenvalue weighted by Crippen LogP contribution is 2.31. The first kappa shape index (κ1) is 13.9. The van der Waals surface area contributed by atoms with E-state index < -0.39 is 0 Å². The van der Waals surface area contributed by atoms with Gasteiger partial charge in [-0.25, -0.2) is 0 Å². The number of carbonyl (C=O) groups excluding carboxylic acids is 1. The van der Waals surface area contributed by atoms with Crippen LogP contribution in [0.1, 0.15) is 16.8 Å². The molecule has 0 aliphatic carbocycles. The first-order valence-electron chi connectivity index (χ1n) is 5.63. The molecule has 1 atom stereocenters. The van der Waals surface area contributed by atoms with Gasteiger partial charge in [-0.15, -0.1) is 0 Å². The number of nitrogens with zero attached hydrogens (tertiary/aromatic N) is 1. The molecule has 0 spiro atoms. The van der Waals surface area contributed by atoms with E-state index in [0.717, 1.165) is 19.5 Å². The van der Waals surface area contributed by atoms with Crippen molar-refractivity contribution in [3.8, 4) is 0 Å². The Morgan fingerprint density at radius 1 is 1.33 bits per heavy atom. The molecule has 1 aliphatic heterocycles. The van der Waals surface area contributed by atoms with Gasteiger partial charge < -0.3 is 10.2 Å². The summed E-state index contributed by atoms with van der Waals surface area (Å²) in [4.78, 5) is 14.0. The molecule has 3 nitrogen and oxygen atoms in total. The highest BCUT2D eigenvalue weighted by molar-refractivity contribution is 6.48. The van der Waals surface area contributed by atoms with Crippen LogP contribution in [-0.2, 0) is 0 Å². The van der Waals surface area contributed by atoms with E-state index in [1.54, 1.807) is 24.1 Å². The zero-order valence-corrected chi connectivity index (χ0v) is 12.1. The van der Waals surface area contributed by atoms with Crippen molar-refractivity contribution in [1.29, 1.82) is 0 Å². The van der Waals surface area contributed by atoms with Crippen molar-refractivity contribution < 1.29 is 4.79 Å². The predicted octanol–water partition coefficient (Wildman–Crippen LogP) is 3.08. The first-order valence-corrected chi connectivity index (χ1v) is 6.76. The standard InChI is InChI=1S/C12H13Cl3N2O/c1-17(8-2-3-16-6-8)12(18)7-4-9(13)11(15)10(14)5-7/h4-5,8,16H,2-3,6H2,1H3/t8-/m0/s1. The molecule has 98 valence electrons. The smallest absolute Gasteiger partial charge is 0.253 e. The molecule has 2 rings (SSSR count). The summed E-state index contributed by atoms with van der Waals surface area (Å²) >= 11 is 17.7. The zero-order valence-electron chi connectivity index (χ0n) is 9.84. The Balaban J connectivity index is 2.22. The van der Waals surface area contributed by atoms with Crippen molar-refractivity contribution in [1.82, 2.24) is 10.2 Å². The van der Waals surface area contributed by atoms with Crippen LogP contribution in [0.3, 0.4) is 0 Å². The third-order valence-corrected chi connectivity index (χ3v) is 4.33. The van der Waals surface area contributed by atoms with Crippen molar-refractivity contribution in [3.05, 3.63) is 32.8 Å². The van der Waals surface area contributed by atoms with Crippen LogP contribution in [0.15, 0.2) is 12.1 Å². The van der Waals surface area contributed by atoms with Crippen molar-refractivity contribution in [2.45, 2.75) is 12.5 Å². The topological polar surface area (TPSA) is 32.3 Å². The number of hydrogen-bond donors (Lipinski definition) is 1. The molecule has 0 saturated carbocycles. The molecule has 1 aromatic carbocycles. The van der Waals surface area contributed by atoms with Crippen molar-refractivity contribution in [3.63, 3.8) is 0 Å². The van der Waals surface area contributed by atoms with E-state index in [4.69, 9.17) is 34.8 Å². The molecule has 1 amide bonds. The quantitative estimate of drug-likeness (QED) is 0.852. The number of carbonyl (C=O) groups is 1. The average molecular weight is 308 g/mol. The van der Waals surface area contributed by atoms with Crippen LogP contribution in [0.4, 0.5) is 0 Å². The molecule has 0 aromatic heterocycles. The van der Waals surface area contributed by atoms with Gasteiger partial charge in [0.15, 0.2) is 0 Å². The summed E-state index contributed by atoms with van der Waals surface area (Å²) in [5.74, 6) is -0.0934. The Labute approximate surface area is 121 Å². The maximum Gasteiger partial charge on any atom is 0.253 e. The minimum absolute atomic E-state index is 0.0934. The Hall–Kier alpha value is -0.480. The van der Waals surface area contributed by atoms with Gasteiger partial charge in [0.25, 0.3) is 5.91 Å². The Morgan fingerprint density at radius 3 is 2.44 bits per heavy atom. The largest absolute Gasteiger partial charge is 0.337 e. The lowest BCUT2D eigenvalue weighted by molar-refractivity contribution is 0.0744. The van der Waals surface area contributed by atoms with Crippen LogP contribution in [0.5, 0.6) is 0 Å². The number of nitrogens with one attached hydrogen (secondary N) is 1. The third kappa shape index (κ3) is 2.75. The van der Waals surface area contributed by atoms with Gasteiger partial charge in [-0.3, -0.25) is 4.79 Å². The van der Waals surface area contributed by atoms with E-state index in [1.165, 1.54) is 0 Å². The number of likely N-dealkylation sites (N-methyl/N-ethyl adjacent to an activating group) is 1. The van der Waals surface area contributed by atoms with Gasteiger partial charge in [0.1, 0.15) is 0 Å². The molecule has 1 fully saturated rings. The summed E-state index contributed by atoms with van der Waals surface area (Å²) in [6.07, 6.45) is 0.956. The number of amides is 1. The Kier molecular flexibility index (Phi) is 4.38. The van der Waals surface area contributed by atoms with Gasteiger partial charge in [0.05, 0.1) is 15.1 Å². The van der Waals surface area contributed by atoms with Gasteiger partial charge >= 0.3 is 0 Å².